The first-order chi connectivity index (χ1) is 14.5. The fraction of sp³-hybridized carbons (Fsp3) is 0.136. The molecule has 4 rings (SSSR count). The Morgan fingerprint density at radius 2 is 1.93 bits per heavy atom. The van der Waals surface area contributed by atoms with Gasteiger partial charge in [0.05, 0.1) is 23.0 Å². The highest BCUT2D eigenvalue weighted by molar-refractivity contribution is 8.00. The topological polar surface area (TPSA) is 74.3 Å². The zero-order chi connectivity index (χ0) is 21.1. The van der Waals surface area contributed by atoms with Crippen molar-refractivity contribution in [1.29, 1.82) is 0 Å². The number of hydrogen-bond acceptors (Lipinski definition) is 4. The summed E-state index contributed by atoms with van der Waals surface area (Å²) >= 11 is 7.31. The molecule has 2 heterocycles. The Morgan fingerprint density at radius 3 is 2.67 bits per heavy atom. The molecule has 30 heavy (non-hydrogen) atoms. The number of carbonyl (C=O) groups is 2. The lowest BCUT2D eigenvalue weighted by Gasteiger charge is -2.29. The SMILES string of the molecule is Cc1ccc(CN2C(=O)CSc3ccc(NC(=O)Nc4ccc(Cl)cn4)cc32)cc1. The van der Waals surface area contributed by atoms with Gasteiger partial charge in [0.15, 0.2) is 0 Å². The van der Waals surface area contributed by atoms with Crippen molar-refractivity contribution < 1.29 is 9.59 Å². The molecule has 8 heteroatoms. The third-order valence-electron chi connectivity index (χ3n) is 4.59. The largest absolute Gasteiger partial charge is 0.324 e. The zero-order valence-electron chi connectivity index (χ0n) is 16.2. The van der Waals surface area contributed by atoms with Crippen LogP contribution in [0.15, 0.2) is 65.7 Å². The Balaban J connectivity index is 1.52. The van der Waals surface area contributed by atoms with E-state index in [2.05, 4.69) is 15.6 Å². The molecule has 152 valence electrons. The summed E-state index contributed by atoms with van der Waals surface area (Å²) in [5, 5.41) is 5.94. The number of thioether (sulfide) groups is 1. The molecule has 0 spiro atoms. The number of aryl methyl sites for hydroxylation is 1. The van der Waals surface area contributed by atoms with Crippen molar-refractivity contribution in [3.8, 4) is 0 Å². The molecule has 0 bridgehead atoms. The Kier molecular flexibility index (Phi) is 5.92. The van der Waals surface area contributed by atoms with E-state index < -0.39 is 6.03 Å². The van der Waals surface area contributed by atoms with E-state index in [0.29, 0.717) is 28.8 Å². The Morgan fingerprint density at radius 1 is 1.13 bits per heavy atom. The standard InChI is InChI=1S/C22H19ClN4O2S/c1-14-2-4-15(5-3-14)12-27-18-10-17(7-8-19(18)30-13-21(27)28)25-22(29)26-20-9-6-16(23)11-24-20/h2-11H,12-13H2,1H3,(H2,24,25,26,29). The van der Waals surface area contributed by atoms with Crippen LogP contribution >= 0.6 is 23.4 Å². The molecule has 0 saturated carbocycles. The summed E-state index contributed by atoms with van der Waals surface area (Å²) in [6.07, 6.45) is 1.46. The maximum atomic E-state index is 12.6. The van der Waals surface area contributed by atoms with Crippen molar-refractivity contribution in [1.82, 2.24) is 4.98 Å². The number of fused-ring (bicyclic) bond motifs is 1. The fourth-order valence-electron chi connectivity index (χ4n) is 3.06. The highest BCUT2D eigenvalue weighted by atomic mass is 35.5. The second-order valence-electron chi connectivity index (χ2n) is 6.88. The third kappa shape index (κ3) is 4.75. The molecule has 1 aliphatic heterocycles. The highest BCUT2D eigenvalue weighted by Gasteiger charge is 2.25. The number of halogens is 1. The van der Waals surface area contributed by atoms with E-state index in [-0.39, 0.29) is 5.91 Å². The predicted octanol–water partition coefficient (Wildman–Crippen LogP) is 5.33. The molecule has 0 atom stereocenters. The summed E-state index contributed by atoms with van der Waals surface area (Å²) in [5.74, 6) is 0.829. The van der Waals surface area contributed by atoms with E-state index in [1.54, 1.807) is 17.0 Å². The lowest BCUT2D eigenvalue weighted by atomic mass is 10.1. The summed E-state index contributed by atoms with van der Waals surface area (Å²) in [5.41, 5.74) is 3.60. The summed E-state index contributed by atoms with van der Waals surface area (Å²) in [7, 11) is 0. The number of amides is 3. The van der Waals surface area contributed by atoms with Crippen molar-refractivity contribution in [2.24, 2.45) is 0 Å². The van der Waals surface area contributed by atoms with E-state index >= 15 is 0 Å². The first-order valence-corrected chi connectivity index (χ1v) is 10.7. The van der Waals surface area contributed by atoms with Gasteiger partial charge in [0, 0.05) is 16.8 Å². The lowest BCUT2D eigenvalue weighted by Crippen LogP contribution is -2.34. The van der Waals surface area contributed by atoms with Crippen molar-refractivity contribution in [3.63, 3.8) is 0 Å². The zero-order valence-corrected chi connectivity index (χ0v) is 17.8. The van der Waals surface area contributed by atoms with Crippen LogP contribution in [0.2, 0.25) is 5.02 Å². The molecule has 0 unspecified atom stereocenters. The van der Waals surface area contributed by atoms with E-state index in [1.807, 2.05) is 49.4 Å². The summed E-state index contributed by atoms with van der Waals surface area (Å²) in [4.78, 5) is 31.8. The second kappa shape index (κ2) is 8.77. The van der Waals surface area contributed by atoms with Crippen LogP contribution in [0.4, 0.5) is 22.0 Å². The number of nitrogens with zero attached hydrogens (tertiary/aromatic N) is 2. The third-order valence-corrected chi connectivity index (χ3v) is 5.86. The molecule has 3 aromatic rings. The monoisotopic (exact) mass is 438 g/mol. The lowest BCUT2D eigenvalue weighted by molar-refractivity contribution is -0.116. The maximum Gasteiger partial charge on any atom is 0.324 e. The van der Waals surface area contributed by atoms with Gasteiger partial charge in [-0.05, 0) is 42.8 Å². The van der Waals surface area contributed by atoms with Crippen LogP contribution in [0, 0.1) is 6.92 Å². The quantitative estimate of drug-likeness (QED) is 0.577. The number of urea groups is 1. The molecule has 0 saturated heterocycles. The molecule has 2 aromatic carbocycles. The van der Waals surface area contributed by atoms with Gasteiger partial charge >= 0.3 is 6.03 Å². The molecule has 3 amide bonds. The van der Waals surface area contributed by atoms with E-state index in [9.17, 15) is 9.59 Å². The van der Waals surface area contributed by atoms with E-state index in [0.717, 1.165) is 16.1 Å². The van der Waals surface area contributed by atoms with Crippen LogP contribution in [-0.2, 0) is 11.3 Å². The molecule has 1 aromatic heterocycles. The predicted molar refractivity (Wildman–Crippen MR) is 121 cm³/mol. The fourth-order valence-corrected chi connectivity index (χ4v) is 4.09. The van der Waals surface area contributed by atoms with Crippen LogP contribution < -0.4 is 15.5 Å². The molecule has 0 aliphatic carbocycles. The minimum absolute atomic E-state index is 0.0417. The average Bonchev–Trinajstić information content (AvgIpc) is 2.73. The van der Waals surface area contributed by atoms with Crippen molar-refractivity contribution in [2.45, 2.75) is 18.4 Å². The molecular weight excluding hydrogens is 420 g/mol. The number of hydrogen-bond donors (Lipinski definition) is 2. The van der Waals surface area contributed by atoms with Gasteiger partial charge in [-0.2, -0.15) is 0 Å². The molecule has 0 fully saturated rings. The summed E-state index contributed by atoms with van der Waals surface area (Å²) in [6, 6.07) is 16.5. The smallest absolute Gasteiger partial charge is 0.308 e. The second-order valence-corrected chi connectivity index (χ2v) is 8.33. The first kappa shape index (κ1) is 20.3. The van der Waals surface area contributed by atoms with Crippen molar-refractivity contribution >= 4 is 52.5 Å². The van der Waals surface area contributed by atoms with Crippen LogP contribution in [0.1, 0.15) is 11.1 Å². The molecule has 6 nitrogen and oxygen atoms in total. The van der Waals surface area contributed by atoms with Gasteiger partial charge in [-0.1, -0.05) is 41.4 Å². The van der Waals surface area contributed by atoms with Crippen LogP contribution in [0.5, 0.6) is 0 Å². The number of rotatable bonds is 4. The van der Waals surface area contributed by atoms with Crippen LogP contribution in [-0.4, -0.2) is 22.7 Å². The van der Waals surface area contributed by atoms with Gasteiger partial charge in [0.2, 0.25) is 5.91 Å². The number of aromatic nitrogens is 1. The van der Waals surface area contributed by atoms with Crippen molar-refractivity contribution in [3.05, 3.63) is 76.9 Å². The minimum atomic E-state index is -0.426. The normalized spacial score (nSPS) is 13.0. The average molecular weight is 439 g/mol. The van der Waals surface area contributed by atoms with Crippen LogP contribution in [0.25, 0.3) is 0 Å². The number of carbonyl (C=O) groups excluding carboxylic acids is 2. The van der Waals surface area contributed by atoms with Gasteiger partial charge in [-0.3, -0.25) is 10.1 Å². The number of anilines is 3. The molecule has 2 N–H and O–H groups in total. The minimum Gasteiger partial charge on any atom is -0.308 e. The summed E-state index contributed by atoms with van der Waals surface area (Å²) in [6.45, 7) is 2.52. The van der Waals surface area contributed by atoms with E-state index in [4.69, 9.17) is 11.6 Å². The number of pyridine rings is 1. The maximum absolute atomic E-state index is 12.6. The Labute approximate surface area is 183 Å². The van der Waals surface area contributed by atoms with Gasteiger partial charge in [0.25, 0.3) is 0 Å². The van der Waals surface area contributed by atoms with Gasteiger partial charge in [0.1, 0.15) is 5.82 Å². The van der Waals surface area contributed by atoms with Crippen LogP contribution in [0.3, 0.4) is 0 Å². The molecule has 1 aliphatic rings. The molecule has 0 radical (unpaired) electrons. The Bertz CT molecular complexity index is 1090. The van der Waals surface area contributed by atoms with Crippen molar-refractivity contribution in [2.75, 3.05) is 21.3 Å². The Hall–Kier alpha value is -3.03. The van der Waals surface area contributed by atoms with Gasteiger partial charge in [-0.15, -0.1) is 11.8 Å². The first-order valence-electron chi connectivity index (χ1n) is 9.30. The highest BCUT2D eigenvalue weighted by Crippen LogP contribution is 2.38. The van der Waals surface area contributed by atoms with Gasteiger partial charge in [-0.25, -0.2) is 9.78 Å². The molecular formula is C22H19ClN4O2S. The number of nitrogens with one attached hydrogen (secondary N) is 2. The van der Waals surface area contributed by atoms with Gasteiger partial charge < -0.3 is 10.2 Å². The van der Waals surface area contributed by atoms with E-state index in [1.165, 1.54) is 23.5 Å². The number of benzene rings is 2. The summed E-state index contributed by atoms with van der Waals surface area (Å²) < 4.78 is 0.